The molecule has 0 amide bonds. The van der Waals surface area contributed by atoms with E-state index >= 15 is 0 Å². The molecule has 3 heteroatoms. The van der Waals surface area contributed by atoms with E-state index < -0.39 is 11.7 Å². The summed E-state index contributed by atoms with van der Waals surface area (Å²) in [4.78, 5) is 0. The predicted octanol–water partition coefficient (Wildman–Crippen LogP) is 3.45. The number of aliphatic hydroxyl groups is 1. The highest BCUT2D eigenvalue weighted by molar-refractivity contribution is 5.22. The minimum Gasteiger partial charge on any atom is -0.385 e. The highest BCUT2D eigenvalue weighted by Crippen LogP contribution is 2.42. The van der Waals surface area contributed by atoms with Crippen LogP contribution in [0.15, 0.2) is 24.3 Å². The Balaban J connectivity index is 2.22. The van der Waals surface area contributed by atoms with Crippen molar-refractivity contribution in [1.29, 1.82) is 0 Å². The molecule has 1 atom stereocenters. The van der Waals surface area contributed by atoms with E-state index in [2.05, 4.69) is 6.92 Å². The number of methoxy groups -OCH3 is 1. The van der Waals surface area contributed by atoms with Gasteiger partial charge in [-0.2, -0.15) is 0 Å². The molecule has 100 valence electrons. The summed E-state index contributed by atoms with van der Waals surface area (Å²) in [7, 11) is 1.64. The van der Waals surface area contributed by atoms with Crippen molar-refractivity contribution in [3.63, 3.8) is 0 Å². The van der Waals surface area contributed by atoms with Gasteiger partial charge in [0.2, 0.25) is 0 Å². The molecule has 2 rings (SSSR count). The summed E-state index contributed by atoms with van der Waals surface area (Å²) in [5, 5.41) is 10.5. The van der Waals surface area contributed by atoms with Crippen LogP contribution in [0.2, 0.25) is 0 Å². The molecule has 1 aromatic carbocycles. The number of rotatable bonds is 3. The third kappa shape index (κ3) is 2.57. The topological polar surface area (TPSA) is 29.5 Å². The first-order valence-corrected chi connectivity index (χ1v) is 6.56. The lowest BCUT2D eigenvalue weighted by atomic mass is 9.74. The first-order valence-electron chi connectivity index (χ1n) is 6.56. The third-order valence-corrected chi connectivity index (χ3v) is 4.19. The fourth-order valence-corrected chi connectivity index (χ4v) is 2.82. The van der Waals surface area contributed by atoms with Crippen molar-refractivity contribution < 1.29 is 14.2 Å². The van der Waals surface area contributed by atoms with Crippen LogP contribution < -0.4 is 0 Å². The molecular formula is C15H21FO2. The lowest BCUT2D eigenvalue weighted by Crippen LogP contribution is -2.41. The molecule has 0 saturated heterocycles. The molecule has 1 saturated carbocycles. The minimum absolute atomic E-state index is 0.318. The summed E-state index contributed by atoms with van der Waals surface area (Å²) < 4.78 is 18.8. The first-order chi connectivity index (χ1) is 8.57. The Kier molecular flexibility index (Phi) is 4.03. The molecule has 1 aromatic rings. The van der Waals surface area contributed by atoms with Crippen LogP contribution >= 0.6 is 0 Å². The summed E-state index contributed by atoms with van der Waals surface area (Å²) in [5.74, 6) is 0.356. The third-order valence-electron chi connectivity index (χ3n) is 4.19. The van der Waals surface area contributed by atoms with Crippen LogP contribution in [0.25, 0.3) is 0 Å². The molecule has 0 heterocycles. The molecular weight excluding hydrogens is 231 g/mol. The van der Waals surface area contributed by atoms with Gasteiger partial charge in [0.15, 0.2) is 0 Å². The lowest BCUT2D eigenvalue weighted by molar-refractivity contribution is -0.130. The van der Waals surface area contributed by atoms with Crippen molar-refractivity contribution in [2.75, 3.05) is 7.11 Å². The second-order valence-corrected chi connectivity index (χ2v) is 5.41. The molecule has 1 unspecified atom stereocenters. The first kappa shape index (κ1) is 13.5. The van der Waals surface area contributed by atoms with Gasteiger partial charge in [-0.15, -0.1) is 0 Å². The Morgan fingerprint density at radius 2 is 2.06 bits per heavy atom. The van der Waals surface area contributed by atoms with E-state index in [9.17, 15) is 9.50 Å². The SMILES string of the molecule is COC1(C(O)c2cccc(F)c2)CCC(C)CC1. The molecule has 0 spiro atoms. The standard InChI is InChI=1S/C15H21FO2/c1-11-6-8-15(18-2,9-7-11)14(17)12-4-3-5-13(16)10-12/h3-5,10-11,14,17H,6-9H2,1-2H3. The van der Waals surface area contributed by atoms with Gasteiger partial charge < -0.3 is 9.84 Å². The highest BCUT2D eigenvalue weighted by atomic mass is 19.1. The number of hydrogen-bond acceptors (Lipinski definition) is 2. The number of hydrogen-bond donors (Lipinski definition) is 1. The maximum absolute atomic E-state index is 13.2. The van der Waals surface area contributed by atoms with Crippen LogP contribution in [0.3, 0.4) is 0 Å². The molecule has 1 fully saturated rings. The van der Waals surface area contributed by atoms with Gasteiger partial charge in [0.1, 0.15) is 11.9 Å². The molecule has 2 nitrogen and oxygen atoms in total. The Hall–Kier alpha value is -0.930. The summed E-state index contributed by atoms with van der Waals surface area (Å²) in [5.41, 5.74) is 0.0479. The molecule has 0 aromatic heterocycles. The van der Waals surface area contributed by atoms with Crippen molar-refractivity contribution in [2.24, 2.45) is 5.92 Å². The molecule has 0 radical (unpaired) electrons. The van der Waals surface area contributed by atoms with Gasteiger partial charge in [-0.1, -0.05) is 19.1 Å². The maximum Gasteiger partial charge on any atom is 0.123 e. The Morgan fingerprint density at radius 1 is 1.39 bits per heavy atom. The molecule has 0 aliphatic heterocycles. The largest absolute Gasteiger partial charge is 0.385 e. The van der Waals surface area contributed by atoms with Gasteiger partial charge in [0.25, 0.3) is 0 Å². The Labute approximate surface area is 108 Å². The van der Waals surface area contributed by atoms with Gasteiger partial charge >= 0.3 is 0 Å². The van der Waals surface area contributed by atoms with Crippen LogP contribution in [0.5, 0.6) is 0 Å². The van der Waals surface area contributed by atoms with Crippen molar-refractivity contribution in [2.45, 2.75) is 44.3 Å². The summed E-state index contributed by atoms with van der Waals surface area (Å²) in [6, 6.07) is 6.16. The van der Waals surface area contributed by atoms with Crippen LogP contribution in [-0.2, 0) is 4.74 Å². The average molecular weight is 252 g/mol. The predicted molar refractivity (Wildman–Crippen MR) is 68.7 cm³/mol. The van der Waals surface area contributed by atoms with Gasteiger partial charge in [0, 0.05) is 7.11 Å². The molecule has 1 aliphatic rings. The van der Waals surface area contributed by atoms with Crippen LogP contribution in [0.1, 0.15) is 44.3 Å². The van der Waals surface area contributed by atoms with E-state index in [1.165, 1.54) is 12.1 Å². The van der Waals surface area contributed by atoms with E-state index in [0.29, 0.717) is 11.5 Å². The van der Waals surface area contributed by atoms with Gasteiger partial charge in [-0.05, 0) is 49.3 Å². The lowest BCUT2D eigenvalue weighted by Gasteiger charge is -2.41. The number of aliphatic hydroxyl groups excluding tert-OH is 1. The van der Waals surface area contributed by atoms with Crippen molar-refractivity contribution in [3.8, 4) is 0 Å². The second-order valence-electron chi connectivity index (χ2n) is 5.41. The van der Waals surface area contributed by atoms with E-state index in [1.807, 2.05) is 0 Å². The highest BCUT2D eigenvalue weighted by Gasteiger charge is 2.41. The van der Waals surface area contributed by atoms with Gasteiger partial charge in [0.05, 0.1) is 5.60 Å². The molecule has 0 bridgehead atoms. The molecule has 1 N–H and O–H groups in total. The Morgan fingerprint density at radius 3 is 2.61 bits per heavy atom. The van der Waals surface area contributed by atoms with Crippen molar-refractivity contribution >= 4 is 0 Å². The second kappa shape index (κ2) is 5.37. The zero-order valence-electron chi connectivity index (χ0n) is 11.0. The maximum atomic E-state index is 13.2. The fraction of sp³-hybridized carbons (Fsp3) is 0.600. The smallest absolute Gasteiger partial charge is 0.123 e. The zero-order chi connectivity index (χ0) is 13.2. The van der Waals surface area contributed by atoms with E-state index in [-0.39, 0.29) is 5.82 Å². The van der Waals surface area contributed by atoms with Crippen LogP contribution in [0, 0.1) is 11.7 Å². The summed E-state index contributed by atoms with van der Waals surface area (Å²) >= 11 is 0. The zero-order valence-corrected chi connectivity index (χ0v) is 11.0. The van der Waals surface area contributed by atoms with Crippen LogP contribution in [0.4, 0.5) is 4.39 Å². The van der Waals surface area contributed by atoms with Crippen molar-refractivity contribution in [1.82, 2.24) is 0 Å². The minimum atomic E-state index is -0.759. The summed E-state index contributed by atoms with van der Waals surface area (Å²) in [6.45, 7) is 2.22. The van der Waals surface area contributed by atoms with Gasteiger partial charge in [-0.3, -0.25) is 0 Å². The summed E-state index contributed by atoms with van der Waals surface area (Å²) in [6.07, 6.45) is 2.97. The normalized spacial score (nSPS) is 30.1. The number of ether oxygens (including phenoxy) is 1. The number of halogens is 1. The molecule has 18 heavy (non-hydrogen) atoms. The quantitative estimate of drug-likeness (QED) is 0.892. The van der Waals surface area contributed by atoms with Crippen LogP contribution in [-0.4, -0.2) is 17.8 Å². The van der Waals surface area contributed by atoms with E-state index in [0.717, 1.165) is 25.7 Å². The van der Waals surface area contributed by atoms with Gasteiger partial charge in [-0.25, -0.2) is 4.39 Å². The number of benzene rings is 1. The van der Waals surface area contributed by atoms with E-state index in [1.54, 1.807) is 19.2 Å². The van der Waals surface area contributed by atoms with Crippen molar-refractivity contribution in [3.05, 3.63) is 35.6 Å². The molecule has 1 aliphatic carbocycles. The van der Waals surface area contributed by atoms with E-state index in [4.69, 9.17) is 4.74 Å². The Bertz CT molecular complexity index is 397. The average Bonchev–Trinajstić information content (AvgIpc) is 2.39. The fourth-order valence-electron chi connectivity index (χ4n) is 2.82. The monoisotopic (exact) mass is 252 g/mol.